The highest BCUT2D eigenvalue weighted by Gasteiger charge is 2.34. The number of hydrogen-bond donors (Lipinski definition) is 2. The van der Waals surface area contributed by atoms with Gasteiger partial charge < -0.3 is 5.11 Å². The van der Waals surface area contributed by atoms with Gasteiger partial charge in [-0.1, -0.05) is 0 Å². The van der Waals surface area contributed by atoms with Crippen LogP contribution >= 0.6 is 67.8 Å². The lowest BCUT2D eigenvalue weighted by molar-refractivity contribution is -0.117. The van der Waals surface area contributed by atoms with Crippen molar-refractivity contribution in [2.75, 3.05) is 5.01 Å². The Hall–Kier alpha value is -0.890. The van der Waals surface area contributed by atoms with Gasteiger partial charge in [-0.3, -0.25) is 15.0 Å². The van der Waals surface area contributed by atoms with Gasteiger partial charge in [-0.2, -0.15) is 0 Å². The summed E-state index contributed by atoms with van der Waals surface area (Å²) in [7, 11) is 0. The number of phenols is 1. The first-order valence-electron chi connectivity index (χ1n) is 6.67. The molecule has 2 aromatic carbocycles. The topological polar surface area (TPSA) is 69.6 Å². The number of hydrazine groups is 1. The number of nitrogens with zero attached hydrogens (tertiary/aromatic N) is 1. The van der Waals surface area contributed by atoms with E-state index in [1.807, 2.05) is 40.8 Å². The molecule has 0 bridgehead atoms. The third-order valence-electron chi connectivity index (χ3n) is 3.33. The van der Waals surface area contributed by atoms with E-state index in [0.29, 0.717) is 14.8 Å². The van der Waals surface area contributed by atoms with E-state index in [2.05, 4.69) is 50.6 Å². The lowest BCUT2D eigenvalue weighted by Crippen LogP contribution is -2.35. The summed E-state index contributed by atoms with van der Waals surface area (Å²) in [4.78, 5) is 24.8. The molecular weight excluding hydrogens is 649 g/mol. The molecule has 2 N–H and O–H groups in total. The summed E-state index contributed by atoms with van der Waals surface area (Å²) < 4.78 is 2.59. The Morgan fingerprint density at radius 3 is 2.33 bits per heavy atom. The second kappa shape index (κ2) is 7.15. The summed E-state index contributed by atoms with van der Waals surface area (Å²) in [5.74, 6) is -0.891. The quantitative estimate of drug-likeness (QED) is 0.295. The SMILES string of the molecule is O=C1NN(c2ccc(I)cc2)C(=O)/C1=C/c1cc(I)cc(I)c1O. The fourth-order valence-electron chi connectivity index (χ4n) is 2.18. The van der Waals surface area contributed by atoms with Crippen molar-refractivity contribution in [1.82, 2.24) is 5.43 Å². The lowest BCUT2D eigenvalue weighted by atomic mass is 10.1. The first kappa shape index (κ1) is 17.9. The summed E-state index contributed by atoms with van der Waals surface area (Å²) in [5.41, 5.74) is 3.56. The van der Waals surface area contributed by atoms with Crippen LogP contribution in [0.25, 0.3) is 6.08 Å². The highest BCUT2D eigenvalue weighted by Crippen LogP contribution is 2.30. The number of carbonyl (C=O) groups is 2. The Kier molecular flexibility index (Phi) is 5.34. The van der Waals surface area contributed by atoms with Gasteiger partial charge in [0.25, 0.3) is 11.8 Å². The molecule has 3 rings (SSSR count). The van der Waals surface area contributed by atoms with E-state index >= 15 is 0 Å². The van der Waals surface area contributed by atoms with Crippen molar-refractivity contribution in [1.29, 1.82) is 0 Å². The van der Waals surface area contributed by atoms with Crippen LogP contribution in [0.4, 0.5) is 5.69 Å². The maximum atomic E-state index is 12.6. The minimum absolute atomic E-state index is 0.0124. The van der Waals surface area contributed by atoms with Crippen LogP contribution in [-0.2, 0) is 9.59 Å². The minimum Gasteiger partial charge on any atom is -0.506 e. The van der Waals surface area contributed by atoms with Gasteiger partial charge in [-0.05, 0) is 110 Å². The average Bonchev–Trinajstić information content (AvgIpc) is 2.81. The molecule has 1 saturated heterocycles. The minimum atomic E-state index is -0.494. The zero-order valence-electron chi connectivity index (χ0n) is 11.9. The summed E-state index contributed by atoms with van der Waals surface area (Å²) in [6, 6.07) is 10.8. The molecule has 0 unspecified atom stereocenters. The maximum absolute atomic E-state index is 12.6. The molecule has 1 aliphatic heterocycles. The molecule has 1 aliphatic rings. The number of phenolic OH excluding ortho intramolecular Hbond substituents is 1. The van der Waals surface area contributed by atoms with Gasteiger partial charge in [-0.25, -0.2) is 5.01 Å². The maximum Gasteiger partial charge on any atom is 0.282 e. The van der Waals surface area contributed by atoms with Crippen molar-refractivity contribution in [3.8, 4) is 5.75 Å². The van der Waals surface area contributed by atoms with Crippen LogP contribution in [0, 0.1) is 10.7 Å². The van der Waals surface area contributed by atoms with Gasteiger partial charge in [0.2, 0.25) is 0 Å². The summed E-state index contributed by atoms with van der Waals surface area (Å²) >= 11 is 6.29. The number of aromatic hydroxyl groups is 1. The molecule has 24 heavy (non-hydrogen) atoms. The molecule has 1 heterocycles. The van der Waals surface area contributed by atoms with Crippen molar-refractivity contribution < 1.29 is 14.7 Å². The van der Waals surface area contributed by atoms with Crippen molar-refractivity contribution in [2.24, 2.45) is 0 Å². The van der Waals surface area contributed by atoms with Crippen molar-refractivity contribution in [3.05, 3.63) is 58.2 Å². The first-order chi connectivity index (χ1) is 11.4. The van der Waals surface area contributed by atoms with Crippen LogP contribution < -0.4 is 10.4 Å². The van der Waals surface area contributed by atoms with Crippen LogP contribution in [0.3, 0.4) is 0 Å². The first-order valence-corrected chi connectivity index (χ1v) is 9.91. The molecule has 2 amide bonds. The zero-order chi connectivity index (χ0) is 17.4. The molecule has 0 atom stereocenters. The Morgan fingerprint density at radius 1 is 1.00 bits per heavy atom. The van der Waals surface area contributed by atoms with Crippen LogP contribution in [0.15, 0.2) is 42.0 Å². The molecule has 5 nitrogen and oxygen atoms in total. The molecule has 0 aliphatic carbocycles. The largest absolute Gasteiger partial charge is 0.506 e. The van der Waals surface area contributed by atoms with Gasteiger partial charge in [0.1, 0.15) is 11.3 Å². The number of halogens is 3. The number of amides is 2. The van der Waals surface area contributed by atoms with E-state index in [9.17, 15) is 14.7 Å². The Bertz CT molecular complexity index is 879. The van der Waals surface area contributed by atoms with Crippen LogP contribution in [0.1, 0.15) is 5.56 Å². The Balaban J connectivity index is 1.99. The molecule has 0 spiro atoms. The third-order valence-corrected chi connectivity index (χ3v) is 5.50. The van der Waals surface area contributed by atoms with Crippen molar-refractivity contribution in [3.63, 3.8) is 0 Å². The molecule has 0 saturated carbocycles. The van der Waals surface area contributed by atoms with E-state index in [-0.39, 0.29) is 11.3 Å². The fourth-order valence-corrected chi connectivity index (χ4v) is 4.43. The summed E-state index contributed by atoms with van der Waals surface area (Å²) in [6.07, 6.45) is 1.42. The smallest absolute Gasteiger partial charge is 0.282 e. The number of benzene rings is 2. The number of hydrogen-bond acceptors (Lipinski definition) is 3. The monoisotopic (exact) mass is 658 g/mol. The highest BCUT2D eigenvalue weighted by molar-refractivity contribution is 14.1. The molecule has 0 radical (unpaired) electrons. The van der Waals surface area contributed by atoms with E-state index in [0.717, 1.165) is 7.14 Å². The Morgan fingerprint density at radius 2 is 1.67 bits per heavy atom. The molecular formula is C16H9I3N2O3. The number of nitrogens with one attached hydrogen (secondary N) is 1. The predicted octanol–water partition coefficient (Wildman–Crippen LogP) is 3.67. The normalized spacial score (nSPS) is 16.0. The lowest BCUT2D eigenvalue weighted by Gasteiger charge is -2.14. The van der Waals surface area contributed by atoms with Crippen LogP contribution in [0.5, 0.6) is 5.75 Å². The van der Waals surface area contributed by atoms with Crippen LogP contribution in [-0.4, -0.2) is 16.9 Å². The van der Waals surface area contributed by atoms with E-state index in [1.54, 1.807) is 18.2 Å². The van der Waals surface area contributed by atoms with Crippen LogP contribution in [0.2, 0.25) is 0 Å². The van der Waals surface area contributed by atoms with E-state index in [4.69, 9.17) is 0 Å². The van der Waals surface area contributed by atoms with E-state index < -0.39 is 11.8 Å². The van der Waals surface area contributed by atoms with Crippen molar-refractivity contribution >= 4 is 91.4 Å². The van der Waals surface area contributed by atoms with Gasteiger partial charge in [-0.15, -0.1) is 0 Å². The third kappa shape index (κ3) is 3.54. The van der Waals surface area contributed by atoms with Gasteiger partial charge in [0.05, 0.1) is 9.26 Å². The molecule has 8 heteroatoms. The number of carbonyl (C=O) groups excluding carboxylic acids is 2. The number of anilines is 1. The van der Waals surface area contributed by atoms with Crippen molar-refractivity contribution in [2.45, 2.75) is 0 Å². The number of rotatable bonds is 2. The second-order valence-corrected chi connectivity index (χ2v) is 8.59. The van der Waals surface area contributed by atoms with Gasteiger partial charge in [0.15, 0.2) is 0 Å². The van der Waals surface area contributed by atoms with Gasteiger partial charge >= 0.3 is 0 Å². The summed E-state index contributed by atoms with van der Waals surface area (Å²) in [5, 5.41) is 11.4. The zero-order valence-corrected chi connectivity index (χ0v) is 18.4. The Labute approximate surface area is 178 Å². The predicted molar refractivity (Wildman–Crippen MR) is 116 cm³/mol. The molecule has 1 fully saturated rings. The second-order valence-electron chi connectivity index (χ2n) is 4.94. The molecule has 122 valence electrons. The standard InChI is InChI=1S/C16H9I3N2O3/c17-9-1-3-11(4-2-9)21-16(24)12(15(23)20-21)6-8-5-10(18)7-13(19)14(8)22/h1-7,22H,(H,20,23)/b12-6+. The molecule has 2 aromatic rings. The average molecular weight is 658 g/mol. The summed E-state index contributed by atoms with van der Waals surface area (Å²) in [6.45, 7) is 0. The highest BCUT2D eigenvalue weighted by atomic mass is 127. The fraction of sp³-hybridized carbons (Fsp3) is 0. The molecule has 0 aromatic heterocycles. The van der Waals surface area contributed by atoms with E-state index in [1.165, 1.54) is 11.1 Å². The van der Waals surface area contributed by atoms with Gasteiger partial charge in [0, 0.05) is 12.7 Å².